The van der Waals surface area contributed by atoms with E-state index in [0.717, 1.165) is 18.0 Å². The summed E-state index contributed by atoms with van der Waals surface area (Å²) in [5.41, 5.74) is 0. The maximum absolute atomic E-state index is 3.83. The third-order valence-electron chi connectivity index (χ3n) is 4.54. The van der Waals surface area contributed by atoms with E-state index in [0.29, 0.717) is 4.75 Å². The number of hydrogen-bond acceptors (Lipinski definition) is 3. The lowest BCUT2D eigenvalue weighted by Crippen LogP contribution is -2.52. The fourth-order valence-electron chi connectivity index (χ4n) is 2.74. The molecule has 1 N–H and O–H groups in total. The monoisotopic (exact) mass is 242 g/mol. The number of thioether (sulfide) groups is 1. The zero-order chi connectivity index (χ0) is 11.8. The van der Waals surface area contributed by atoms with Crippen molar-refractivity contribution in [1.29, 1.82) is 0 Å². The molecule has 0 aromatic heterocycles. The van der Waals surface area contributed by atoms with Gasteiger partial charge in [0.25, 0.3) is 0 Å². The Balaban J connectivity index is 1.80. The molecule has 0 spiro atoms. The van der Waals surface area contributed by atoms with Crippen LogP contribution in [0.5, 0.6) is 0 Å². The van der Waals surface area contributed by atoms with Crippen molar-refractivity contribution in [1.82, 2.24) is 10.2 Å². The van der Waals surface area contributed by atoms with E-state index in [1.54, 1.807) is 0 Å². The minimum atomic E-state index is 0.603. The molecule has 0 bridgehead atoms. The minimum absolute atomic E-state index is 0.603. The van der Waals surface area contributed by atoms with Crippen LogP contribution in [0.3, 0.4) is 0 Å². The summed E-state index contributed by atoms with van der Waals surface area (Å²) < 4.78 is 0.603. The molecule has 3 unspecified atom stereocenters. The Labute approximate surface area is 105 Å². The lowest BCUT2D eigenvalue weighted by Gasteiger charge is -2.40. The van der Waals surface area contributed by atoms with Gasteiger partial charge in [-0.3, -0.25) is 0 Å². The van der Waals surface area contributed by atoms with E-state index in [1.807, 2.05) is 0 Å². The van der Waals surface area contributed by atoms with Crippen LogP contribution in [0, 0.1) is 5.92 Å². The molecule has 2 aliphatic rings. The van der Waals surface area contributed by atoms with Crippen LogP contribution in [0.25, 0.3) is 0 Å². The summed E-state index contributed by atoms with van der Waals surface area (Å²) in [7, 11) is 2.25. The van der Waals surface area contributed by atoms with Crippen LogP contribution in [-0.4, -0.2) is 48.1 Å². The Morgan fingerprint density at radius 1 is 1.38 bits per heavy atom. The quantitative estimate of drug-likeness (QED) is 0.813. The van der Waals surface area contributed by atoms with Crippen LogP contribution in [0.15, 0.2) is 0 Å². The van der Waals surface area contributed by atoms with Crippen molar-refractivity contribution in [3.8, 4) is 0 Å². The van der Waals surface area contributed by atoms with Crippen molar-refractivity contribution in [2.24, 2.45) is 5.92 Å². The summed E-state index contributed by atoms with van der Waals surface area (Å²) in [5.74, 6) is 0.791. The van der Waals surface area contributed by atoms with E-state index < -0.39 is 0 Å². The van der Waals surface area contributed by atoms with E-state index in [1.165, 1.54) is 32.4 Å². The molecule has 2 rings (SSSR count). The molecule has 0 radical (unpaired) electrons. The second-order valence-electron chi connectivity index (χ2n) is 5.88. The zero-order valence-electron chi connectivity index (χ0n) is 11.1. The van der Waals surface area contributed by atoms with Crippen LogP contribution < -0.4 is 5.32 Å². The van der Waals surface area contributed by atoms with Crippen LogP contribution >= 0.6 is 11.8 Å². The minimum Gasteiger partial charge on any atom is -0.312 e. The van der Waals surface area contributed by atoms with Crippen LogP contribution in [0.1, 0.15) is 33.1 Å². The van der Waals surface area contributed by atoms with E-state index in [4.69, 9.17) is 0 Å². The average Bonchev–Trinajstić information content (AvgIpc) is 3.02. The molecule has 94 valence electrons. The van der Waals surface area contributed by atoms with Gasteiger partial charge in [0.05, 0.1) is 0 Å². The largest absolute Gasteiger partial charge is 0.312 e. The van der Waals surface area contributed by atoms with Gasteiger partial charge >= 0.3 is 0 Å². The molecular formula is C13H26N2S. The number of likely N-dealkylation sites (tertiary alicyclic amines) is 1. The second kappa shape index (κ2) is 4.87. The van der Waals surface area contributed by atoms with E-state index >= 15 is 0 Å². The predicted octanol–water partition coefficient (Wildman–Crippen LogP) is 2.20. The maximum atomic E-state index is 3.83. The Bertz CT molecular complexity index is 240. The number of nitrogens with zero attached hydrogens (tertiary/aromatic N) is 1. The Hall–Kier alpha value is 0.270. The highest BCUT2D eigenvalue weighted by molar-refractivity contribution is 8.00. The number of nitrogens with one attached hydrogen (secondary N) is 1. The average molecular weight is 242 g/mol. The molecule has 3 atom stereocenters. The van der Waals surface area contributed by atoms with E-state index in [-0.39, 0.29) is 0 Å². The van der Waals surface area contributed by atoms with Gasteiger partial charge in [0, 0.05) is 29.9 Å². The summed E-state index contributed by atoms with van der Waals surface area (Å²) in [6, 6.07) is 1.47. The Morgan fingerprint density at radius 3 is 2.62 bits per heavy atom. The van der Waals surface area contributed by atoms with Gasteiger partial charge in [-0.2, -0.15) is 11.8 Å². The third-order valence-corrected chi connectivity index (χ3v) is 5.96. The number of rotatable bonds is 4. The lowest BCUT2D eigenvalue weighted by molar-refractivity contribution is 0.122. The molecule has 2 nitrogen and oxygen atoms in total. The molecule has 1 saturated heterocycles. The number of hydrogen-bond donors (Lipinski definition) is 1. The normalized spacial score (nSPS) is 38.6. The zero-order valence-corrected chi connectivity index (χ0v) is 11.9. The van der Waals surface area contributed by atoms with Crippen LogP contribution in [-0.2, 0) is 0 Å². The van der Waals surface area contributed by atoms with Gasteiger partial charge in [-0.05, 0) is 45.4 Å². The van der Waals surface area contributed by atoms with Crippen LogP contribution in [0.2, 0.25) is 0 Å². The van der Waals surface area contributed by atoms with Crippen molar-refractivity contribution in [3.05, 3.63) is 0 Å². The highest BCUT2D eigenvalue weighted by Crippen LogP contribution is 2.46. The first-order chi connectivity index (χ1) is 7.56. The molecule has 1 aliphatic heterocycles. The van der Waals surface area contributed by atoms with Gasteiger partial charge < -0.3 is 10.2 Å². The standard InChI is InChI=1S/C13H26N2S/c1-10-8-15(3)11(2)7-12(10)14-9-13(16-4)5-6-13/h10-12,14H,5-9H2,1-4H3. The van der Waals surface area contributed by atoms with Gasteiger partial charge in [-0.25, -0.2) is 0 Å². The van der Waals surface area contributed by atoms with Gasteiger partial charge in [0.15, 0.2) is 0 Å². The molecule has 1 heterocycles. The molecule has 0 aromatic rings. The van der Waals surface area contributed by atoms with E-state index in [2.05, 4.69) is 49.1 Å². The van der Waals surface area contributed by atoms with Crippen molar-refractivity contribution in [2.75, 3.05) is 26.4 Å². The van der Waals surface area contributed by atoms with Crippen molar-refractivity contribution >= 4 is 11.8 Å². The molecule has 1 saturated carbocycles. The lowest BCUT2D eigenvalue weighted by atomic mass is 9.90. The fraction of sp³-hybridized carbons (Fsp3) is 1.00. The van der Waals surface area contributed by atoms with Gasteiger partial charge in [-0.15, -0.1) is 0 Å². The first kappa shape index (κ1) is 12.7. The predicted molar refractivity (Wildman–Crippen MR) is 73.1 cm³/mol. The van der Waals surface area contributed by atoms with Crippen LogP contribution in [0.4, 0.5) is 0 Å². The maximum Gasteiger partial charge on any atom is 0.0282 e. The van der Waals surface area contributed by atoms with Gasteiger partial charge in [0.2, 0.25) is 0 Å². The smallest absolute Gasteiger partial charge is 0.0282 e. The fourth-order valence-corrected chi connectivity index (χ4v) is 3.47. The topological polar surface area (TPSA) is 15.3 Å². The molecule has 3 heteroatoms. The summed E-state index contributed by atoms with van der Waals surface area (Å²) in [5, 5.41) is 3.83. The highest BCUT2D eigenvalue weighted by atomic mass is 32.2. The molecule has 16 heavy (non-hydrogen) atoms. The summed E-state index contributed by atoms with van der Waals surface area (Å²) in [6.07, 6.45) is 6.40. The van der Waals surface area contributed by atoms with Gasteiger partial charge in [-0.1, -0.05) is 6.92 Å². The Kier molecular flexibility index (Phi) is 3.87. The summed E-state index contributed by atoms with van der Waals surface area (Å²) in [4.78, 5) is 2.49. The van der Waals surface area contributed by atoms with E-state index in [9.17, 15) is 0 Å². The second-order valence-corrected chi connectivity index (χ2v) is 7.15. The SMILES string of the molecule is CSC1(CNC2CC(C)N(C)CC2C)CC1. The van der Waals surface area contributed by atoms with Crippen molar-refractivity contribution in [3.63, 3.8) is 0 Å². The van der Waals surface area contributed by atoms with Crippen molar-refractivity contribution in [2.45, 2.75) is 49.9 Å². The molecule has 2 fully saturated rings. The van der Waals surface area contributed by atoms with Crippen molar-refractivity contribution < 1.29 is 0 Å². The molecule has 1 aliphatic carbocycles. The first-order valence-corrected chi connectivity index (χ1v) is 7.77. The number of piperidine rings is 1. The highest BCUT2D eigenvalue weighted by Gasteiger charge is 2.42. The third kappa shape index (κ3) is 2.74. The molecule has 0 amide bonds. The molecule has 0 aromatic carbocycles. The first-order valence-electron chi connectivity index (χ1n) is 6.55. The van der Waals surface area contributed by atoms with Gasteiger partial charge in [0.1, 0.15) is 0 Å². The summed E-state index contributed by atoms with van der Waals surface area (Å²) in [6.45, 7) is 7.20. The molecular weight excluding hydrogens is 216 g/mol. The summed E-state index contributed by atoms with van der Waals surface area (Å²) >= 11 is 2.06. The Morgan fingerprint density at radius 2 is 2.06 bits per heavy atom.